The predicted molar refractivity (Wildman–Crippen MR) is 70.7 cm³/mol. The van der Waals surface area contributed by atoms with Crippen molar-refractivity contribution >= 4 is 16.4 Å². The number of rotatable bonds is 6. The summed E-state index contributed by atoms with van der Waals surface area (Å²) in [6, 6.07) is 0. The molecule has 1 aliphatic rings. The van der Waals surface area contributed by atoms with E-state index in [0.29, 0.717) is 6.42 Å². The van der Waals surface area contributed by atoms with Gasteiger partial charge in [0.2, 0.25) is 0 Å². The highest BCUT2D eigenvalue weighted by Crippen LogP contribution is 2.57. The Balaban J connectivity index is 2.53. The van der Waals surface area contributed by atoms with Crippen molar-refractivity contribution in [2.24, 2.45) is 16.7 Å². The lowest BCUT2D eigenvalue weighted by Crippen LogP contribution is -2.35. The van der Waals surface area contributed by atoms with Gasteiger partial charge >= 0.3 is 0 Å². The van der Waals surface area contributed by atoms with Crippen LogP contribution in [0.15, 0.2) is 0 Å². The summed E-state index contributed by atoms with van der Waals surface area (Å²) < 4.78 is 26.5. The number of carbonyl (C=O) groups is 1. The molecule has 0 aliphatic heterocycles. The van der Waals surface area contributed by atoms with Crippen molar-refractivity contribution < 1.29 is 17.4 Å². The molecule has 0 aromatic heterocycles. The molecular weight excluding hydrogens is 252 g/mol. The van der Waals surface area contributed by atoms with Gasteiger partial charge in [-0.25, -0.2) is 0 Å². The van der Waals surface area contributed by atoms with E-state index in [1.807, 2.05) is 0 Å². The van der Waals surface area contributed by atoms with Gasteiger partial charge in [0.1, 0.15) is 6.29 Å². The highest BCUT2D eigenvalue weighted by atomic mass is 32.2. The SMILES string of the molecule is CC1(C)[C@@H](C=O)CC[C@@]1(C)CCCOS(C)(=O)=O. The zero-order chi connectivity index (χ0) is 14.0. The van der Waals surface area contributed by atoms with E-state index in [2.05, 4.69) is 20.8 Å². The lowest BCUT2D eigenvalue weighted by atomic mass is 9.64. The van der Waals surface area contributed by atoms with Crippen molar-refractivity contribution in [3.05, 3.63) is 0 Å². The van der Waals surface area contributed by atoms with Crippen LogP contribution in [0.4, 0.5) is 0 Å². The van der Waals surface area contributed by atoms with E-state index >= 15 is 0 Å². The minimum absolute atomic E-state index is 0.0279. The van der Waals surface area contributed by atoms with E-state index in [1.54, 1.807) is 0 Å². The lowest BCUT2D eigenvalue weighted by Gasteiger charge is -2.40. The smallest absolute Gasteiger partial charge is 0.264 e. The molecular formula is C13H24O4S. The summed E-state index contributed by atoms with van der Waals surface area (Å²) in [5.74, 6) is 0.110. The van der Waals surface area contributed by atoms with Crippen LogP contribution in [-0.4, -0.2) is 27.6 Å². The molecule has 0 amide bonds. The van der Waals surface area contributed by atoms with Crippen LogP contribution in [0.2, 0.25) is 0 Å². The zero-order valence-electron chi connectivity index (χ0n) is 11.7. The maximum absolute atomic E-state index is 11.1. The lowest BCUT2D eigenvalue weighted by molar-refractivity contribution is -0.114. The summed E-state index contributed by atoms with van der Waals surface area (Å²) in [7, 11) is -3.34. The first-order valence-electron chi connectivity index (χ1n) is 6.42. The number of hydrogen-bond donors (Lipinski definition) is 0. The Hall–Kier alpha value is -0.420. The maximum atomic E-state index is 11.1. The first-order chi connectivity index (χ1) is 8.12. The van der Waals surface area contributed by atoms with Gasteiger partial charge in [-0.15, -0.1) is 0 Å². The van der Waals surface area contributed by atoms with Crippen LogP contribution >= 0.6 is 0 Å². The first kappa shape index (κ1) is 15.6. The van der Waals surface area contributed by atoms with Gasteiger partial charge in [-0.2, -0.15) is 8.42 Å². The van der Waals surface area contributed by atoms with E-state index in [0.717, 1.165) is 31.8 Å². The monoisotopic (exact) mass is 276 g/mol. The molecule has 0 unspecified atom stereocenters. The predicted octanol–water partition coefficient (Wildman–Crippen LogP) is 2.38. The summed E-state index contributed by atoms with van der Waals surface area (Å²) in [6.45, 7) is 6.69. The molecule has 1 fully saturated rings. The second-order valence-electron chi connectivity index (χ2n) is 6.19. The van der Waals surface area contributed by atoms with Crippen molar-refractivity contribution in [1.82, 2.24) is 0 Å². The van der Waals surface area contributed by atoms with Gasteiger partial charge in [-0.05, 0) is 36.5 Å². The molecule has 1 saturated carbocycles. The summed E-state index contributed by atoms with van der Waals surface area (Å²) in [5.41, 5.74) is 0.0548. The average molecular weight is 276 g/mol. The van der Waals surface area contributed by atoms with Gasteiger partial charge < -0.3 is 4.79 Å². The number of aldehydes is 1. The Morgan fingerprint density at radius 1 is 1.33 bits per heavy atom. The maximum Gasteiger partial charge on any atom is 0.264 e. The molecule has 0 spiro atoms. The average Bonchev–Trinajstić information content (AvgIpc) is 2.45. The molecule has 1 rings (SSSR count). The molecule has 0 bridgehead atoms. The van der Waals surface area contributed by atoms with Crippen LogP contribution in [0.3, 0.4) is 0 Å². The molecule has 2 atom stereocenters. The molecule has 106 valence electrons. The summed E-state index contributed by atoms with van der Waals surface area (Å²) >= 11 is 0. The van der Waals surface area contributed by atoms with E-state index in [1.165, 1.54) is 0 Å². The van der Waals surface area contributed by atoms with Gasteiger partial charge in [0.15, 0.2) is 0 Å². The molecule has 1 aliphatic carbocycles. The van der Waals surface area contributed by atoms with E-state index < -0.39 is 10.1 Å². The molecule has 0 saturated heterocycles. The summed E-state index contributed by atoms with van der Waals surface area (Å²) in [6.07, 6.45) is 5.68. The van der Waals surface area contributed by atoms with Gasteiger partial charge in [0, 0.05) is 5.92 Å². The number of carbonyl (C=O) groups excluding carboxylic acids is 1. The minimum atomic E-state index is -3.34. The van der Waals surface area contributed by atoms with Crippen LogP contribution in [0.1, 0.15) is 46.5 Å². The van der Waals surface area contributed by atoms with Crippen molar-refractivity contribution in [1.29, 1.82) is 0 Å². The van der Waals surface area contributed by atoms with Crippen LogP contribution in [0.5, 0.6) is 0 Å². The third-order valence-corrected chi connectivity index (χ3v) is 5.42. The standard InChI is InChI=1S/C13H24O4S/c1-12(2)11(10-14)6-8-13(12,3)7-5-9-17-18(4,15)16/h10-11H,5-9H2,1-4H3/t11-,13-/m1/s1. The van der Waals surface area contributed by atoms with Gasteiger partial charge in [0.05, 0.1) is 12.9 Å². The van der Waals surface area contributed by atoms with Crippen molar-refractivity contribution in [3.63, 3.8) is 0 Å². The molecule has 0 heterocycles. The largest absolute Gasteiger partial charge is 0.303 e. The molecule has 18 heavy (non-hydrogen) atoms. The normalized spacial score (nSPS) is 31.4. The second-order valence-corrected chi connectivity index (χ2v) is 7.84. The van der Waals surface area contributed by atoms with E-state index in [9.17, 15) is 13.2 Å². The Kier molecular flexibility index (Phi) is 4.60. The molecule has 0 N–H and O–H groups in total. The second kappa shape index (κ2) is 5.29. The van der Waals surface area contributed by atoms with Crippen LogP contribution < -0.4 is 0 Å². The van der Waals surface area contributed by atoms with Crippen molar-refractivity contribution in [3.8, 4) is 0 Å². The van der Waals surface area contributed by atoms with E-state index in [4.69, 9.17) is 4.18 Å². The topological polar surface area (TPSA) is 60.4 Å². The Morgan fingerprint density at radius 2 is 1.94 bits per heavy atom. The summed E-state index contributed by atoms with van der Waals surface area (Å²) in [5, 5.41) is 0. The summed E-state index contributed by atoms with van der Waals surface area (Å²) in [4.78, 5) is 11.1. The van der Waals surface area contributed by atoms with Crippen LogP contribution in [0.25, 0.3) is 0 Å². The van der Waals surface area contributed by atoms with Gasteiger partial charge in [-0.3, -0.25) is 4.18 Å². The third kappa shape index (κ3) is 3.32. The van der Waals surface area contributed by atoms with Crippen LogP contribution in [0, 0.1) is 16.7 Å². The van der Waals surface area contributed by atoms with Gasteiger partial charge in [-0.1, -0.05) is 20.8 Å². The fraction of sp³-hybridized carbons (Fsp3) is 0.923. The Morgan fingerprint density at radius 3 is 2.39 bits per heavy atom. The fourth-order valence-corrected chi connectivity index (χ4v) is 3.38. The van der Waals surface area contributed by atoms with E-state index in [-0.39, 0.29) is 23.4 Å². The highest BCUT2D eigenvalue weighted by molar-refractivity contribution is 7.85. The first-order valence-corrected chi connectivity index (χ1v) is 8.24. The third-order valence-electron chi connectivity index (χ3n) is 4.82. The van der Waals surface area contributed by atoms with Crippen molar-refractivity contribution in [2.75, 3.05) is 12.9 Å². The Bertz CT molecular complexity index is 399. The zero-order valence-corrected chi connectivity index (χ0v) is 12.5. The van der Waals surface area contributed by atoms with Gasteiger partial charge in [0.25, 0.3) is 10.1 Å². The minimum Gasteiger partial charge on any atom is -0.303 e. The van der Waals surface area contributed by atoms with Crippen LogP contribution in [-0.2, 0) is 19.1 Å². The highest BCUT2D eigenvalue weighted by Gasteiger charge is 2.50. The molecule has 0 aromatic carbocycles. The molecule has 0 aromatic rings. The van der Waals surface area contributed by atoms with Crippen molar-refractivity contribution in [2.45, 2.75) is 46.5 Å². The number of hydrogen-bond acceptors (Lipinski definition) is 4. The molecule has 5 heteroatoms. The Labute approximate surface area is 110 Å². The quantitative estimate of drug-likeness (QED) is 0.424. The fourth-order valence-electron chi connectivity index (χ4n) is 2.96. The molecule has 0 radical (unpaired) electrons. The molecule has 4 nitrogen and oxygen atoms in total.